The van der Waals surface area contributed by atoms with E-state index in [0.29, 0.717) is 5.56 Å². The van der Waals surface area contributed by atoms with Crippen molar-refractivity contribution in [2.45, 2.75) is 46.7 Å². The molecule has 0 saturated carbocycles. The van der Waals surface area contributed by atoms with Crippen LogP contribution < -0.4 is 10.6 Å². The second-order valence-electron chi connectivity index (χ2n) is 7.15. The lowest BCUT2D eigenvalue weighted by Gasteiger charge is -2.25. The predicted octanol–water partition coefficient (Wildman–Crippen LogP) is 3.94. The highest BCUT2D eigenvalue weighted by atomic mass is 16.2. The molecule has 0 aromatic heterocycles. The second kappa shape index (κ2) is 8.65. The minimum absolute atomic E-state index is 0.0205. The minimum Gasteiger partial charge on any atom is -0.348 e. The van der Waals surface area contributed by atoms with Crippen LogP contribution in [-0.2, 0) is 4.79 Å². The molecule has 2 atom stereocenters. The Kier molecular flexibility index (Phi) is 6.56. The third kappa shape index (κ3) is 4.94. The highest BCUT2D eigenvalue weighted by molar-refractivity contribution is 5.97. The summed E-state index contributed by atoms with van der Waals surface area (Å²) in [7, 11) is 0. The SMILES string of the molecule is Cc1cccc(C(=O)NC(C(=O)NC(C)c2ccccc2C)C(C)C)c1. The van der Waals surface area contributed by atoms with E-state index in [1.165, 1.54) is 0 Å². The number of amides is 2. The lowest BCUT2D eigenvalue weighted by Crippen LogP contribution is -2.50. The first-order chi connectivity index (χ1) is 12.3. The van der Waals surface area contributed by atoms with Gasteiger partial charge in [0.2, 0.25) is 5.91 Å². The van der Waals surface area contributed by atoms with Crippen LogP contribution in [0.3, 0.4) is 0 Å². The number of nitrogens with one attached hydrogen (secondary N) is 2. The second-order valence-corrected chi connectivity index (χ2v) is 7.15. The molecule has 2 aromatic carbocycles. The molecule has 4 nitrogen and oxygen atoms in total. The molecule has 0 aliphatic rings. The molecule has 2 N–H and O–H groups in total. The Balaban J connectivity index is 2.10. The van der Waals surface area contributed by atoms with Gasteiger partial charge in [0, 0.05) is 5.56 Å². The van der Waals surface area contributed by atoms with Crippen LogP contribution >= 0.6 is 0 Å². The van der Waals surface area contributed by atoms with Gasteiger partial charge in [-0.25, -0.2) is 0 Å². The molecule has 2 rings (SSSR count). The van der Waals surface area contributed by atoms with Crippen LogP contribution in [0.25, 0.3) is 0 Å². The largest absolute Gasteiger partial charge is 0.348 e. The first-order valence-electron chi connectivity index (χ1n) is 9.03. The Bertz CT molecular complexity index is 783. The summed E-state index contributed by atoms with van der Waals surface area (Å²) in [4.78, 5) is 25.3. The van der Waals surface area contributed by atoms with Gasteiger partial charge in [0.15, 0.2) is 0 Å². The Labute approximate surface area is 156 Å². The van der Waals surface area contributed by atoms with E-state index in [-0.39, 0.29) is 23.8 Å². The molecule has 26 heavy (non-hydrogen) atoms. The van der Waals surface area contributed by atoms with Crippen molar-refractivity contribution in [3.05, 3.63) is 70.8 Å². The topological polar surface area (TPSA) is 58.2 Å². The average Bonchev–Trinajstić information content (AvgIpc) is 2.59. The van der Waals surface area contributed by atoms with E-state index in [0.717, 1.165) is 16.7 Å². The highest BCUT2D eigenvalue weighted by Crippen LogP contribution is 2.17. The summed E-state index contributed by atoms with van der Waals surface area (Å²) in [5, 5.41) is 5.91. The van der Waals surface area contributed by atoms with Crippen LogP contribution in [0.4, 0.5) is 0 Å². The lowest BCUT2D eigenvalue weighted by atomic mass is 9.99. The zero-order valence-corrected chi connectivity index (χ0v) is 16.2. The zero-order chi connectivity index (χ0) is 19.3. The fraction of sp³-hybridized carbons (Fsp3) is 0.364. The summed E-state index contributed by atoms with van der Waals surface area (Å²) in [5.74, 6) is -0.421. The van der Waals surface area contributed by atoms with Crippen LogP contribution in [-0.4, -0.2) is 17.9 Å². The van der Waals surface area contributed by atoms with E-state index in [1.54, 1.807) is 6.07 Å². The molecule has 0 aliphatic carbocycles. The van der Waals surface area contributed by atoms with Gasteiger partial charge in [-0.3, -0.25) is 9.59 Å². The molecule has 0 bridgehead atoms. The molecule has 0 saturated heterocycles. The zero-order valence-electron chi connectivity index (χ0n) is 16.2. The molecule has 138 valence electrons. The Morgan fingerprint density at radius 2 is 1.58 bits per heavy atom. The van der Waals surface area contributed by atoms with Crippen LogP contribution in [0.5, 0.6) is 0 Å². The third-order valence-electron chi connectivity index (χ3n) is 4.53. The minimum atomic E-state index is -0.588. The number of rotatable bonds is 6. The van der Waals surface area contributed by atoms with Crippen LogP contribution in [0, 0.1) is 19.8 Å². The highest BCUT2D eigenvalue weighted by Gasteiger charge is 2.26. The number of benzene rings is 2. The van der Waals surface area contributed by atoms with Gasteiger partial charge >= 0.3 is 0 Å². The quantitative estimate of drug-likeness (QED) is 0.827. The molecule has 0 spiro atoms. The van der Waals surface area contributed by atoms with Gasteiger partial charge in [-0.2, -0.15) is 0 Å². The Hall–Kier alpha value is -2.62. The van der Waals surface area contributed by atoms with E-state index in [9.17, 15) is 9.59 Å². The van der Waals surface area contributed by atoms with Gasteiger partial charge < -0.3 is 10.6 Å². The first-order valence-corrected chi connectivity index (χ1v) is 9.03. The number of hydrogen-bond acceptors (Lipinski definition) is 2. The Morgan fingerprint density at radius 3 is 2.19 bits per heavy atom. The van der Waals surface area contributed by atoms with Crippen molar-refractivity contribution in [1.29, 1.82) is 0 Å². The molecular formula is C22H28N2O2. The molecule has 0 heterocycles. The molecule has 2 unspecified atom stereocenters. The molecule has 4 heteroatoms. The maximum absolute atomic E-state index is 12.8. The fourth-order valence-electron chi connectivity index (χ4n) is 3.00. The van der Waals surface area contributed by atoms with Gasteiger partial charge in [0.1, 0.15) is 6.04 Å². The summed E-state index contributed by atoms with van der Waals surface area (Å²) in [6.07, 6.45) is 0. The number of carbonyl (C=O) groups excluding carboxylic acids is 2. The summed E-state index contributed by atoms with van der Waals surface area (Å²) >= 11 is 0. The van der Waals surface area contributed by atoms with E-state index >= 15 is 0 Å². The summed E-state index contributed by atoms with van der Waals surface area (Å²) in [6, 6.07) is 14.6. The smallest absolute Gasteiger partial charge is 0.251 e. The van der Waals surface area contributed by atoms with Crippen molar-refractivity contribution in [3.63, 3.8) is 0 Å². The summed E-state index contributed by atoms with van der Waals surface area (Å²) in [6.45, 7) is 9.78. The van der Waals surface area contributed by atoms with Crippen molar-refractivity contribution in [2.24, 2.45) is 5.92 Å². The standard InChI is InChI=1S/C22H28N2O2/c1-14(2)20(24-21(25)18-11-8-9-15(3)13-18)22(26)23-17(5)19-12-7-6-10-16(19)4/h6-14,17,20H,1-5H3,(H,23,26)(H,24,25). The lowest BCUT2D eigenvalue weighted by molar-refractivity contribution is -0.124. The normalized spacial score (nSPS) is 13.2. The molecular weight excluding hydrogens is 324 g/mol. The van der Waals surface area contributed by atoms with Crippen molar-refractivity contribution in [3.8, 4) is 0 Å². The van der Waals surface area contributed by atoms with Gasteiger partial charge in [-0.05, 0) is 49.9 Å². The molecule has 0 aliphatic heterocycles. The van der Waals surface area contributed by atoms with Gasteiger partial charge in [-0.15, -0.1) is 0 Å². The molecule has 0 fully saturated rings. The van der Waals surface area contributed by atoms with Gasteiger partial charge in [-0.1, -0.05) is 55.8 Å². The maximum atomic E-state index is 12.8. The molecule has 2 amide bonds. The van der Waals surface area contributed by atoms with Crippen molar-refractivity contribution in [2.75, 3.05) is 0 Å². The van der Waals surface area contributed by atoms with Crippen LogP contribution in [0.15, 0.2) is 48.5 Å². The first kappa shape index (κ1) is 19.7. The Morgan fingerprint density at radius 1 is 0.885 bits per heavy atom. The number of hydrogen-bond donors (Lipinski definition) is 2. The van der Waals surface area contributed by atoms with Crippen molar-refractivity contribution >= 4 is 11.8 Å². The van der Waals surface area contributed by atoms with Crippen LogP contribution in [0.1, 0.15) is 53.9 Å². The molecule has 0 radical (unpaired) electrons. The number of carbonyl (C=O) groups is 2. The third-order valence-corrected chi connectivity index (χ3v) is 4.53. The summed E-state index contributed by atoms with van der Waals surface area (Å²) < 4.78 is 0. The van der Waals surface area contributed by atoms with Crippen LogP contribution in [0.2, 0.25) is 0 Å². The number of aryl methyl sites for hydroxylation is 2. The average molecular weight is 352 g/mol. The van der Waals surface area contributed by atoms with E-state index in [2.05, 4.69) is 10.6 Å². The van der Waals surface area contributed by atoms with E-state index < -0.39 is 6.04 Å². The molecule has 2 aromatic rings. The maximum Gasteiger partial charge on any atom is 0.251 e. The van der Waals surface area contributed by atoms with E-state index in [4.69, 9.17) is 0 Å². The van der Waals surface area contributed by atoms with Crippen molar-refractivity contribution in [1.82, 2.24) is 10.6 Å². The predicted molar refractivity (Wildman–Crippen MR) is 105 cm³/mol. The van der Waals surface area contributed by atoms with Crippen molar-refractivity contribution < 1.29 is 9.59 Å². The monoisotopic (exact) mass is 352 g/mol. The van der Waals surface area contributed by atoms with E-state index in [1.807, 2.05) is 77.1 Å². The summed E-state index contributed by atoms with van der Waals surface area (Å²) in [5.41, 5.74) is 3.78. The van der Waals surface area contributed by atoms with Gasteiger partial charge in [0.25, 0.3) is 5.91 Å². The van der Waals surface area contributed by atoms with Gasteiger partial charge in [0.05, 0.1) is 6.04 Å². The fourth-order valence-corrected chi connectivity index (χ4v) is 3.00.